The number of nitrogens with one attached hydrogen (secondary N) is 1. The molecule has 9 nitrogen and oxygen atoms in total. The molecule has 4 aliphatic rings. The van der Waals surface area contributed by atoms with E-state index in [0.29, 0.717) is 11.5 Å². The molecular weight excluding hydrogens is 492 g/mol. The summed E-state index contributed by atoms with van der Waals surface area (Å²) >= 11 is 2.78. The highest BCUT2D eigenvalue weighted by Gasteiger charge is 2.70. The number of thiazole rings is 1. The number of ether oxygens (including phenoxy) is 2. The first-order chi connectivity index (χ1) is 16.8. The van der Waals surface area contributed by atoms with Crippen molar-refractivity contribution in [2.75, 3.05) is 14.2 Å². The molecule has 2 aliphatic carbocycles. The standard InChI is InChI=1S/C24H24N2O7S2/c1-8(23(29)30)26-21(27)16-10-7-11(17(16)22(26)28)18-15(10)14(19-20(34-18)25-24(31)35-19)9-4-5-12(32-2)13(6-9)33-3/h4-6,8,10-11,14-18H,7H2,1-3H3,(H,25,31)(H,29,30)/t8-,10+,11-,14-,15-,16-,17-,18+/m0/s1. The van der Waals surface area contributed by atoms with E-state index in [4.69, 9.17) is 9.47 Å². The molecule has 2 amide bonds. The summed E-state index contributed by atoms with van der Waals surface area (Å²) in [5.74, 6) is -2.01. The molecule has 2 aromatic rings. The van der Waals surface area contributed by atoms with E-state index in [1.807, 2.05) is 18.2 Å². The number of carboxylic acids is 1. The fourth-order valence-corrected chi connectivity index (χ4v) is 9.84. The Morgan fingerprint density at radius 1 is 1.11 bits per heavy atom. The molecular formula is C24H24N2O7S2. The number of benzene rings is 1. The van der Waals surface area contributed by atoms with Gasteiger partial charge in [0.15, 0.2) is 11.5 Å². The van der Waals surface area contributed by atoms with Gasteiger partial charge in [0, 0.05) is 16.0 Å². The van der Waals surface area contributed by atoms with Crippen molar-refractivity contribution in [1.82, 2.24) is 9.88 Å². The van der Waals surface area contributed by atoms with Crippen LogP contribution in [0.15, 0.2) is 28.0 Å². The van der Waals surface area contributed by atoms with Gasteiger partial charge in [-0.25, -0.2) is 4.79 Å². The molecule has 2 saturated carbocycles. The first-order valence-electron chi connectivity index (χ1n) is 11.5. The molecule has 184 valence electrons. The Kier molecular flexibility index (Phi) is 5.09. The normalized spacial score (nSPS) is 33.3. The molecule has 3 fully saturated rings. The highest BCUT2D eigenvalue weighted by Crippen LogP contribution is 2.68. The lowest BCUT2D eigenvalue weighted by Gasteiger charge is -2.43. The molecule has 1 saturated heterocycles. The minimum absolute atomic E-state index is 0.0279. The lowest BCUT2D eigenvalue weighted by molar-refractivity contribution is -0.154. The van der Waals surface area contributed by atoms with Gasteiger partial charge in [-0.2, -0.15) is 0 Å². The molecule has 0 radical (unpaired) electrons. The molecule has 6 rings (SSSR count). The summed E-state index contributed by atoms with van der Waals surface area (Å²) in [7, 11) is 3.15. The van der Waals surface area contributed by atoms with Crippen LogP contribution >= 0.6 is 23.1 Å². The van der Waals surface area contributed by atoms with Crippen molar-refractivity contribution in [1.29, 1.82) is 0 Å². The van der Waals surface area contributed by atoms with E-state index in [1.54, 1.807) is 26.0 Å². The highest BCUT2D eigenvalue weighted by atomic mass is 32.2. The van der Waals surface area contributed by atoms with Crippen molar-refractivity contribution in [2.24, 2.45) is 29.6 Å². The van der Waals surface area contributed by atoms with Crippen LogP contribution in [0.3, 0.4) is 0 Å². The van der Waals surface area contributed by atoms with Crippen LogP contribution in [0.4, 0.5) is 0 Å². The zero-order chi connectivity index (χ0) is 24.8. The van der Waals surface area contributed by atoms with Crippen molar-refractivity contribution < 1.29 is 29.0 Å². The Bertz CT molecular complexity index is 1320. The van der Waals surface area contributed by atoms with E-state index >= 15 is 0 Å². The van der Waals surface area contributed by atoms with Gasteiger partial charge in [-0.15, -0.1) is 11.8 Å². The zero-order valence-corrected chi connectivity index (χ0v) is 20.9. The van der Waals surface area contributed by atoms with Crippen LogP contribution in [0.1, 0.15) is 29.7 Å². The Balaban J connectivity index is 1.46. The molecule has 1 aromatic carbocycles. The van der Waals surface area contributed by atoms with Gasteiger partial charge in [0.25, 0.3) is 0 Å². The third-order valence-electron chi connectivity index (χ3n) is 8.27. The van der Waals surface area contributed by atoms with E-state index in [2.05, 4.69) is 4.98 Å². The van der Waals surface area contributed by atoms with Gasteiger partial charge in [0.05, 0.1) is 31.1 Å². The number of imide groups is 1. The average Bonchev–Trinajstić information content (AvgIpc) is 3.56. The van der Waals surface area contributed by atoms with Crippen LogP contribution in [0.5, 0.6) is 11.5 Å². The number of carbonyl (C=O) groups excluding carboxylic acids is 2. The summed E-state index contributed by atoms with van der Waals surface area (Å²) in [6.45, 7) is 1.39. The Morgan fingerprint density at radius 3 is 2.46 bits per heavy atom. The van der Waals surface area contributed by atoms with Gasteiger partial charge in [-0.05, 0) is 48.8 Å². The second-order valence-electron chi connectivity index (χ2n) is 9.64. The van der Waals surface area contributed by atoms with Crippen LogP contribution in [0, 0.1) is 29.6 Å². The van der Waals surface area contributed by atoms with Gasteiger partial charge in [-0.1, -0.05) is 17.4 Å². The molecule has 8 atom stereocenters. The maximum Gasteiger partial charge on any atom is 0.326 e. The molecule has 0 unspecified atom stereocenters. The second kappa shape index (κ2) is 7.86. The Morgan fingerprint density at radius 2 is 1.80 bits per heavy atom. The molecule has 1 aromatic heterocycles. The number of carboxylic acid groups (broad SMARTS) is 1. The average molecular weight is 517 g/mol. The van der Waals surface area contributed by atoms with Crippen molar-refractivity contribution >= 4 is 40.9 Å². The van der Waals surface area contributed by atoms with Crippen molar-refractivity contribution in [3.63, 3.8) is 0 Å². The minimum Gasteiger partial charge on any atom is -0.493 e. The number of nitrogens with zero attached hydrogens (tertiary/aromatic N) is 1. The number of aliphatic carboxylic acids is 1. The minimum atomic E-state index is -1.19. The number of likely N-dealkylation sites (tertiary alicyclic amines) is 1. The summed E-state index contributed by atoms with van der Waals surface area (Å²) in [5, 5.41) is 10.3. The molecule has 2 aliphatic heterocycles. The smallest absolute Gasteiger partial charge is 0.326 e. The summed E-state index contributed by atoms with van der Waals surface area (Å²) in [5.41, 5.74) is 0.964. The van der Waals surface area contributed by atoms with E-state index in [9.17, 15) is 24.3 Å². The zero-order valence-electron chi connectivity index (χ0n) is 19.2. The topological polar surface area (TPSA) is 126 Å². The lowest BCUT2D eigenvalue weighted by atomic mass is 9.68. The van der Waals surface area contributed by atoms with E-state index in [0.717, 1.165) is 26.8 Å². The van der Waals surface area contributed by atoms with Gasteiger partial charge in [0.1, 0.15) is 6.04 Å². The fourth-order valence-electron chi connectivity index (χ4n) is 6.95. The summed E-state index contributed by atoms with van der Waals surface area (Å²) < 4.78 is 10.9. The Labute approximate surface area is 208 Å². The maximum atomic E-state index is 13.4. The van der Waals surface area contributed by atoms with Gasteiger partial charge >= 0.3 is 10.8 Å². The maximum absolute atomic E-state index is 13.4. The van der Waals surface area contributed by atoms with Crippen molar-refractivity contribution in [3.8, 4) is 11.5 Å². The van der Waals surface area contributed by atoms with Gasteiger partial charge in [-0.3, -0.25) is 19.3 Å². The number of hydrogen-bond donors (Lipinski definition) is 2. The number of aromatic amines is 1. The van der Waals surface area contributed by atoms with Crippen molar-refractivity contribution in [2.45, 2.75) is 35.6 Å². The van der Waals surface area contributed by atoms with Crippen LogP contribution in [0.25, 0.3) is 0 Å². The number of amides is 2. The number of rotatable bonds is 5. The third-order valence-corrected chi connectivity index (χ3v) is 10.9. The predicted molar refractivity (Wildman–Crippen MR) is 127 cm³/mol. The van der Waals surface area contributed by atoms with Crippen LogP contribution in [0.2, 0.25) is 0 Å². The fraction of sp³-hybridized carbons (Fsp3) is 0.500. The molecule has 11 heteroatoms. The van der Waals surface area contributed by atoms with Gasteiger partial charge in [0.2, 0.25) is 11.8 Å². The number of methoxy groups -OCH3 is 2. The molecule has 0 spiro atoms. The number of aromatic nitrogens is 1. The summed E-state index contributed by atoms with van der Waals surface area (Å²) in [6, 6.07) is 4.55. The monoisotopic (exact) mass is 516 g/mol. The molecule has 3 heterocycles. The number of carbonyl (C=O) groups is 3. The number of thioether (sulfide) groups is 1. The molecule has 2 bridgehead atoms. The van der Waals surface area contributed by atoms with Gasteiger partial charge < -0.3 is 19.6 Å². The van der Waals surface area contributed by atoms with Crippen LogP contribution in [-0.2, 0) is 14.4 Å². The molecule has 2 N–H and O–H groups in total. The third kappa shape index (κ3) is 3.00. The SMILES string of the molecule is COc1ccc([C@@H]2c3sc(=O)[nH]c3S[C@@H]3[C@H]4C[C@@H]([C@@H]5C(=O)N([C@@H](C)C(=O)O)C(=O)[C@@H]45)[C@@H]23)cc1OC. The largest absolute Gasteiger partial charge is 0.493 e. The highest BCUT2D eigenvalue weighted by molar-refractivity contribution is 8.00. The van der Waals surface area contributed by atoms with E-state index in [1.165, 1.54) is 18.3 Å². The van der Waals surface area contributed by atoms with Crippen LogP contribution < -0.4 is 14.3 Å². The lowest BCUT2D eigenvalue weighted by Crippen LogP contribution is -2.44. The molecule has 35 heavy (non-hydrogen) atoms. The van der Waals surface area contributed by atoms with Crippen LogP contribution in [-0.4, -0.2) is 58.3 Å². The van der Waals surface area contributed by atoms with E-state index in [-0.39, 0.29) is 45.6 Å². The predicted octanol–water partition coefficient (Wildman–Crippen LogP) is 2.40. The summed E-state index contributed by atoms with van der Waals surface area (Å²) in [4.78, 5) is 55.5. The van der Waals surface area contributed by atoms with E-state index < -0.39 is 23.8 Å². The number of hydrogen-bond acceptors (Lipinski definition) is 8. The quantitative estimate of drug-likeness (QED) is 0.581. The Hall–Kier alpha value is -2.79. The first-order valence-corrected chi connectivity index (χ1v) is 13.2. The second-order valence-corrected chi connectivity index (χ2v) is 11.8. The number of fused-ring (bicyclic) bond motifs is 9. The van der Waals surface area contributed by atoms with Crippen molar-refractivity contribution in [3.05, 3.63) is 38.3 Å². The first kappa shape index (κ1) is 22.7. The summed E-state index contributed by atoms with van der Waals surface area (Å²) in [6.07, 6.45) is 0.743. The number of H-pyrrole nitrogens is 1.